The zero-order valence-electron chi connectivity index (χ0n) is 62.7. The number of hydrogen-bond donors (Lipinski definition) is 1. The molecule has 2 fully saturated rings. The van der Waals surface area contributed by atoms with E-state index in [-0.39, 0.29) is 50.8 Å². The molecule has 0 radical (unpaired) electrons. The number of para-hydroxylation sites is 4. The summed E-state index contributed by atoms with van der Waals surface area (Å²) in [7, 11) is -4.45. The monoisotopic (exact) mass is 1610 g/mol. The molecule has 10 atom stereocenters. The number of phosphoric acid groups is 1. The Kier molecular flexibility index (Phi) is 34.6. The van der Waals surface area contributed by atoms with E-state index >= 15 is 4.57 Å². The predicted molar refractivity (Wildman–Crippen MR) is 436 cm³/mol. The van der Waals surface area contributed by atoms with Crippen LogP contribution in [-0.4, -0.2) is 78.0 Å². The maximum absolute atomic E-state index is 15.1. The van der Waals surface area contributed by atoms with Crippen LogP contribution in [0.15, 0.2) is 374 Å². The molecule has 14 rings (SSSR count). The van der Waals surface area contributed by atoms with Crippen LogP contribution in [0.1, 0.15) is 34.8 Å². The Balaban J connectivity index is 0.000000202. The van der Waals surface area contributed by atoms with Gasteiger partial charge in [0.25, 0.3) is 0 Å². The molecule has 2 aliphatic rings. The molecule has 12 aromatic carbocycles. The molecule has 112 heavy (non-hydrogen) atoms. The molecule has 22 heteroatoms. The van der Waals surface area contributed by atoms with Crippen molar-refractivity contribution in [1.29, 1.82) is 0 Å². The summed E-state index contributed by atoms with van der Waals surface area (Å²) in [6.45, 7) is -1.12. The average molecular weight is 1610 g/mol. The van der Waals surface area contributed by atoms with Crippen molar-refractivity contribution in [2.24, 2.45) is 0 Å². The van der Waals surface area contributed by atoms with Crippen LogP contribution < -0.4 is 47.7 Å². The van der Waals surface area contributed by atoms with E-state index in [2.05, 4.69) is 0 Å². The minimum Gasteiger partial charge on any atom is -1.00 e. The Morgan fingerprint density at radius 3 is 0.893 bits per heavy atom. The van der Waals surface area contributed by atoms with Crippen LogP contribution in [0.5, 0.6) is 23.0 Å². The van der Waals surface area contributed by atoms with Gasteiger partial charge in [-0.2, -0.15) is 0 Å². The molecule has 2 heterocycles. The smallest absolute Gasteiger partial charge is 1.00 e. The summed E-state index contributed by atoms with van der Waals surface area (Å²) in [5.41, 5.74) is 4.79. The fourth-order valence-corrected chi connectivity index (χ4v) is 16.8. The Morgan fingerprint density at radius 2 is 0.562 bits per heavy atom. The van der Waals surface area contributed by atoms with Crippen LogP contribution in [0.25, 0.3) is 0 Å². The van der Waals surface area contributed by atoms with E-state index in [1.54, 1.807) is 97.1 Å². The normalized spacial score (nSPS) is 19.3. The Labute approximate surface area is 692 Å². The SMILES string of the molecule is O=P(Cl)(Oc1ccccc1)Oc1ccccc1.O=P(Oc1ccccc1)(Oc1ccccc1)OC1C(Sc2ccccc2)OC(COCc2ccccc2)C(OCc2ccccc2)C1OCc1ccccc1.OC1C(Sc2ccccc2)OC(COCc2ccccc2)C(OCc2ccccc2)C1OCc1ccccc1.[H-].[Na+]. The van der Waals surface area contributed by atoms with E-state index in [1.807, 2.05) is 267 Å². The van der Waals surface area contributed by atoms with E-state index in [1.165, 1.54) is 23.5 Å². The van der Waals surface area contributed by atoms with Crippen molar-refractivity contribution < 1.29 is 106 Å². The molecule has 2 saturated heterocycles. The van der Waals surface area contributed by atoms with Crippen LogP contribution in [0.4, 0.5) is 0 Å². The first-order chi connectivity index (χ1) is 54.5. The summed E-state index contributed by atoms with van der Waals surface area (Å²) in [6.07, 6.45) is -5.72. The minimum absolute atomic E-state index is 0. The van der Waals surface area contributed by atoms with Gasteiger partial charge in [-0.15, -0.1) is 0 Å². The second-order valence-corrected chi connectivity index (χ2v) is 31.8. The van der Waals surface area contributed by atoms with Crippen molar-refractivity contribution in [1.82, 2.24) is 0 Å². The van der Waals surface area contributed by atoms with Crippen molar-refractivity contribution in [2.75, 3.05) is 13.2 Å². The second kappa shape index (κ2) is 45.7. The van der Waals surface area contributed by atoms with Gasteiger partial charge < -0.3 is 62.5 Å². The van der Waals surface area contributed by atoms with Gasteiger partial charge in [-0.3, -0.25) is 4.52 Å². The predicted octanol–water partition coefficient (Wildman–Crippen LogP) is 18.4. The molecule has 10 unspecified atom stereocenters. The van der Waals surface area contributed by atoms with Crippen LogP contribution in [0.3, 0.4) is 0 Å². The van der Waals surface area contributed by atoms with E-state index < -0.39 is 74.5 Å². The molecule has 0 spiro atoms. The van der Waals surface area contributed by atoms with Gasteiger partial charge in [0.05, 0.1) is 52.9 Å². The molecule has 0 bridgehead atoms. The minimum atomic E-state index is -4.45. The maximum atomic E-state index is 15.1. The topological polar surface area (TPSA) is 174 Å². The molecule has 0 amide bonds. The number of hydrogen-bond acceptors (Lipinski definition) is 18. The molecule has 2 aliphatic heterocycles. The number of halogens is 1. The van der Waals surface area contributed by atoms with Crippen LogP contribution in [0.2, 0.25) is 0 Å². The molecule has 0 aliphatic carbocycles. The largest absolute Gasteiger partial charge is 1.00 e. The number of benzene rings is 12. The van der Waals surface area contributed by atoms with Crippen LogP contribution in [-0.2, 0) is 91.2 Å². The fourth-order valence-electron chi connectivity index (χ4n) is 11.9. The van der Waals surface area contributed by atoms with E-state index in [4.69, 9.17) is 71.8 Å². The van der Waals surface area contributed by atoms with E-state index in [9.17, 15) is 9.67 Å². The van der Waals surface area contributed by atoms with E-state index in [0.29, 0.717) is 56.0 Å². The van der Waals surface area contributed by atoms with Crippen molar-refractivity contribution in [2.45, 2.75) is 109 Å². The first-order valence-electron chi connectivity index (χ1n) is 36.4. The molecule has 0 saturated carbocycles. The Hall–Kier alpha value is -8.11. The van der Waals surface area contributed by atoms with Crippen molar-refractivity contribution in [3.63, 3.8) is 0 Å². The molecule has 16 nitrogen and oxygen atoms in total. The third-order valence-corrected chi connectivity index (χ3v) is 22.2. The molecule has 0 aromatic heterocycles. The van der Waals surface area contributed by atoms with Gasteiger partial charge in [-0.05, 0) is 106 Å². The molecule has 12 aromatic rings. The Morgan fingerprint density at radius 1 is 0.312 bits per heavy atom. The number of ether oxygens (including phenoxy) is 8. The van der Waals surface area contributed by atoms with Crippen LogP contribution in [0, 0.1) is 0 Å². The number of aliphatic hydroxyl groups is 1. The molecule has 1 N–H and O–H groups in total. The van der Waals surface area contributed by atoms with Gasteiger partial charge >= 0.3 is 44.3 Å². The number of thioether (sulfide) groups is 2. The third kappa shape index (κ3) is 27.9. The summed E-state index contributed by atoms with van der Waals surface area (Å²) < 4.78 is 109. The number of phosphoric ester groups is 1. The van der Waals surface area contributed by atoms with Crippen LogP contribution >= 0.6 is 49.5 Å². The van der Waals surface area contributed by atoms with E-state index in [0.717, 1.165) is 43.2 Å². The molecule has 574 valence electrons. The molecular weight excluding hydrogens is 1520 g/mol. The number of aliphatic hydroxyl groups excluding tert-OH is 1. The van der Waals surface area contributed by atoms with Crippen molar-refractivity contribution in [3.8, 4) is 23.0 Å². The summed E-state index contributed by atoms with van der Waals surface area (Å²) in [6, 6.07) is 115. The summed E-state index contributed by atoms with van der Waals surface area (Å²) in [5, 5.41) is 11.6. The van der Waals surface area contributed by atoms with Gasteiger partial charge in [-0.25, -0.2) is 9.13 Å². The standard InChI is InChI=1S/C45H43O8PS.C33H34O5S.C12H10ClO3P.Na.H/c46-54(51-38-25-13-4-14-26-38,52-39-27-15-5-16-28-39)53-44-43(49-33-37-23-11-3-12-24-37)42(48-32-36-21-9-2-10-22-36)41(34-47-31-35-19-7-1-8-20-35)50-45(44)55-40-29-17-6-18-30-40;34-30-32(37-23-27-17-9-3-10-18-27)31(36-22-26-15-7-2-8-16-26)29(24-35-21-25-13-5-1-6-14-25)38-33(30)39-28-19-11-4-12-20-28;13-17(14,15-11-7-3-1-4-8-11)16-12-9-5-2-6-10-12;;/h1-30,41-45H,31-34H2;1-20,29-34H,21-24H2;1-10H;;/q;;;+1;-1. The average Bonchev–Trinajstić information content (AvgIpc) is 0.776. The summed E-state index contributed by atoms with van der Waals surface area (Å²) >= 11 is 8.63. The zero-order chi connectivity index (χ0) is 76.4. The first-order valence-corrected chi connectivity index (χ1v) is 42.0. The van der Waals surface area contributed by atoms with Crippen molar-refractivity contribution >= 4 is 49.5 Å². The van der Waals surface area contributed by atoms with Gasteiger partial charge in [0.2, 0.25) is 0 Å². The van der Waals surface area contributed by atoms with Gasteiger partial charge in [-0.1, -0.05) is 315 Å². The summed E-state index contributed by atoms with van der Waals surface area (Å²) in [4.78, 5) is 1.93. The van der Waals surface area contributed by atoms with Gasteiger partial charge in [0.15, 0.2) is 0 Å². The quantitative estimate of drug-likeness (QED) is 0.0298. The molecular formula is C90H88ClNaO16P2S2. The van der Waals surface area contributed by atoms with Crippen molar-refractivity contribution in [3.05, 3.63) is 397 Å². The maximum Gasteiger partial charge on any atom is 1.00 e. The van der Waals surface area contributed by atoms with Gasteiger partial charge in [0.1, 0.15) is 82.7 Å². The summed E-state index contributed by atoms with van der Waals surface area (Å²) in [5.74, 6) is 1.44. The second-order valence-electron chi connectivity index (χ2n) is 25.5. The van der Waals surface area contributed by atoms with Gasteiger partial charge in [0, 0.05) is 21.0 Å². The number of rotatable bonds is 34. The zero-order valence-corrected chi connectivity index (χ0v) is 67.9. The first kappa shape index (κ1) is 84.8. The Bertz CT molecular complexity index is 4570. The third-order valence-electron chi connectivity index (χ3n) is 17.2. The fraction of sp³-hybridized carbons (Fsp3) is 0.200.